The largest absolute Gasteiger partial charge is 4.00 e. The molecule has 235 valence electrons. The number of methoxy groups -OCH3 is 1. The number of nitrogens with one attached hydrogen (secondary N) is 4. The van der Waals surface area contributed by atoms with E-state index < -0.39 is 55.8 Å². The number of esters is 1. The van der Waals surface area contributed by atoms with Crippen molar-refractivity contribution in [1.29, 1.82) is 0 Å². The van der Waals surface area contributed by atoms with E-state index in [4.69, 9.17) is 10.6 Å². The minimum atomic E-state index is -1.68. The molecular formula is C26H35N7O9Tc. The van der Waals surface area contributed by atoms with Gasteiger partial charge in [0.25, 0.3) is 5.91 Å². The maximum Gasteiger partial charge on any atom is 4.00 e. The molecule has 0 aromatic carbocycles. The van der Waals surface area contributed by atoms with Crippen LogP contribution in [0.2, 0.25) is 0 Å². The molecule has 0 spiro atoms. The van der Waals surface area contributed by atoms with E-state index in [9.17, 15) is 39.6 Å². The first-order chi connectivity index (χ1) is 20.1. The molecule has 2 amide bonds. The number of hydrazine groups is 1. The first-order valence-corrected chi connectivity index (χ1v) is 12.8. The number of ether oxygens (including phenoxy) is 1. The summed E-state index contributed by atoms with van der Waals surface area (Å²) in [5.41, 5.74) is 1.83. The van der Waals surface area contributed by atoms with Crippen LogP contribution >= 0.6 is 0 Å². The zero-order chi connectivity index (χ0) is 31.4. The van der Waals surface area contributed by atoms with Crippen LogP contribution in [0, 0.1) is 0 Å². The Hall–Kier alpha value is -3.57. The average Bonchev–Trinajstić information content (AvgIpc) is 3.01. The van der Waals surface area contributed by atoms with Crippen molar-refractivity contribution in [2.24, 2.45) is 5.84 Å². The molecule has 6 N–H and O–H groups in total. The van der Waals surface area contributed by atoms with E-state index >= 15 is 0 Å². The maximum absolute atomic E-state index is 12.4. The number of pyridine rings is 2. The summed E-state index contributed by atoms with van der Waals surface area (Å²) in [5.74, 6) is 3.15. The molecule has 0 aliphatic carbocycles. The number of carbonyl (C=O) groups is 4. The Kier molecular flexibility index (Phi) is 20.2. The van der Waals surface area contributed by atoms with Gasteiger partial charge < -0.3 is 51.3 Å². The smallest absolute Gasteiger partial charge is 0.853 e. The first kappa shape index (κ1) is 39.4. The number of nitrogens with zero attached hydrogens (tertiary/aromatic N) is 2. The van der Waals surface area contributed by atoms with Crippen LogP contribution in [0.25, 0.3) is 0 Å². The summed E-state index contributed by atoms with van der Waals surface area (Å²) in [6.45, 7) is -2.95. The third-order valence-corrected chi connectivity index (χ3v) is 5.73. The standard InChI is InChI=1S/C20H26N6O4.C6H10NO5.Tc/c1-30-20(29)16(25-19(28)15-7-8-17(26-21)24-13-15)6-2-3-10-23-18(27)11-14-5-4-9-22-12-14;8-2-6(3-9,4-10)7-1-5(11)12;/h4-5,7-9,12-13,16H,2-3,6,10-11,21H2,1H3,(H,23,27)(H,24,26)(H,25,28);7H,1-4H2,(H,11,12);/q;-3;+4/p-1/i;;1+1. The number of carboxylic acids is 1. The predicted molar refractivity (Wildman–Crippen MR) is 140 cm³/mol. The molecule has 17 heteroatoms. The van der Waals surface area contributed by atoms with Crippen molar-refractivity contribution < 1.29 is 64.4 Å². The Morgan fingerprint density at radius 1 is 1.05 bits per heavy atom. The number of nitrogens with two attached hydrogens (primary N) is 1. The summed E-state index contributed by atoms with van der Waals surface area (Å²) in [4.78, 5) is 54.1. The monoisotopic (exact) mass is 688 g/mol. The number of aromatic nitrogens is 2. The summed E-state index contributed by atoms with van der Waals surface area (Å²) in [7, 11) is 1.27. The molecule has 0 saturated carbocycles. The van der Waals surface area contributed by atoms with Crippen molar-refractivity contribution in [2.45, 2.75) is 37.3 Å². The van der Waals surface area contributed by atoms with Crippen molar-refractivity contribution in [3.63, 3.8) is 0 Å². The number of hydrogen-bond donors (Lipinski definition) is 5. The summed E-state index contributed by atoms with van der Waals surface area (Å²) in [6.07, 6.45) is 6.58. The van der Waals surface area contributed by atoms with Crippen molar-refractivity contribution in [1.82, 2.24) is 25.9 Å². The second-order valence-corrected chi connectivity index (χ2v) is 8.95. The van der Waals surface area contributed by atoms with Gasteiger partial charge in [-0.2, -0.15) is 0 Å². The molecule has 0 bridgehead atoms. The van der Waals surface area contributed by atoms with Gasteiger partial charge in [0.15, 0.2) is 0 Å². The van der Waals surface area contributed by atoms with Gasteiger partial charge in [-0.15, -0.1) is 19.8 Å². The molecule has 1 atom stereocenters. The minimum Gasteiger partial charge on any atom is -0.853 e. The van der Waals surface area contributed by atoms with Gasteiger partial charge in [0, 0.05) is 31.7 Å². The van der Waals surface area contributed by atoms with Gasteiger partial charge in [0.05, 0.1) is 25.1 Å². The van der Waals surface area contributed by atoms with Gasteiger partial charge in [-0.05, 0) is 48.6 Å². The van der Waals surface area contributed by atoms with Crippen LogP contribution in [0.4, 0.5) is 5.82 Å². The molecule has 0 aliphatic heterocycles. The predicted octanol–water partition coefficient (Wildman–Crippen LogP) is -5.29. The third-order valence-electron chi connectivity index (χ3n) is 5.73. The van der Waals surface area contributed by atoms with Crippen molar-refractivity contribution in [2.75, 3.05) is 45.4 Å². The van der Waals surface area contributed by atoms with Crippen LogP contribution in [0.15, 0.2) is 42.9 Å². The van der Waals surface area contributed by atoms with Crippen LogP contribution < -0.4 is 47.6 Å². The number of aliphatic carboxylic acids is 1. The molecule has 1 radical (unpaired) electrons. The van der Waals surface area contributed by atoms with Gasteiger partial charge in [0.1, 0.15) is 11.9 Å². The number of nitrogen functional groups attached to an aromatic ring is 1. The first-order valence-electron chi connectivity index (χ1n) is 12.8. The Balaban J connectivity index is 0.00000115. The zero-order valence-electron chi connectivity index (χ0n) is 23.5. The number of carboxylic acid groups (broad SMARTS) is 1. The normalized spacial score (nSPS) is 11.1. The van der Waals surface area contributed by atoms with E-state index in [0.717, 1.165) is 5.56 Å². The van der Waals surface area contributed by atoms with E-state index in [0.29, 0.717) is 37.2 Å². The summed E-state index contributed by atoms with van der Waals surface area (Å²) in [5, 5.41) is 48.5. The van der Waals surface area contributed by atoms with E-state index in [1.807, 2.05) is 6.07 Å². The number of rotatable bonds is 17. The molecule has 2 aromatic rings. The van der Waals surface area contributed by atoms with Crippen LogP contribution in [-0.4, -0.2) is 85.3 Å². The van der Waals surface area contributed by atoms with Gasteiger partial charge in [0.2, 0.25) is 5.91 Å². The van der Waals surface area contributed by atoms with Crippen molar-refractivity contribution in [3.8, 4) is 0 Å². The van der Waals surface area contributed by atoms with E-state index in [1.54, 1.807) is 30.6 Å². The molecule has 0 aliphatic rings. The second-order valence-electron chi connectivity index (χ2n) is 8.95. The Labute approximate surface area is 262 Å². The van der Waals surface area contributed by atoms with Crippen LogP contribution in [0.5, 0.6) is 0 Å². The average molecular weight is 689 g/mol. The number of unbranched alkanes of at least 4 members (excludes halogenated alkanes) is 1. The number of hydrogen-bond acceptors (Lipinski definition) is 14. The summed E-state index contributed by atoms with van der Waals surface area (Å²) < 4.78 is 4.78. The topological polar surface area (TPSA) is 270 Å². The van der Waals surface area contributed by atoms with E-state index in [-0.39, 0.29) is 32.4 Å². The van der Waals surface area contributed by atoms with E-state index in [2.05, 4.69) is 31.3 Å². The summed E-state index contributed by atoms with van der Waals surface area (Å²) in [6, 6.07) is 5.93. The van der Waals surface area contributed by atoms with Gasteiger partial charge in [-0.3, -0.25) is 14.6 Å². The number of amides is 2. The van der Waals surface area contributed by atoms with E-state index in [1.165, 1.54) is 13.3 Å². The number of carbonyl (C=O) groups excluding carboxylic acids is 4. The molecular weight excluding hydrogens is 653 g/mol. The molecule has 2 aromatic heterocycles. The summed E-state index contributed by atoms with van der Waals surface area (Å²) >= 11 is 0. The van der Waals surface area contributed by atoms with Crippen LogP contribution in [0.3, 0.4) is 0 Å². The zero-order valence-corrected chi connectivity index (χ0v) is 25.4. The molecule has 0 saturated heterocycles. The minimum absolute atomic E-state index is 0. The fraction of sp³-hybridized carbons (Fsp3) is 0.462. The second kappa shape index (κ2) is 22.0. The van der Waals surface area contributed by atoms with Crippen molar-refractivity contribution >= 4 is 29.6 Å². The van der Waals surface area contributed by atoms with Gasteiger partial charge in [-0.25, -0.2) is 15.6 Å². The Morgan fingerprint density at radius 2 is 1.74 bits per heavy atom. The molecule has 0 fully saturated rings. The Morgan fingerprint density at radius 3 is 2.26 bits per heavy atom. The van der Waals surface area contributed by atoms with Crippen LogP contribution in [-0.2, 0) is 45.6 Å². The van der Waals surface area contributed by atoms with Gasteiger partial charge >= 0.3 is 26.1 Å². The molecule has 43 heavy (non-hydrogen) atoms. The molecule has 16 nitrogen and oxygen atoms in total. The fourth-order valence-electron chi connectivity index (χ4n) is 3.24. The Bertz CT molecular complexity index is 1100. The third kappa shape index (κ3) is 15.5. The van der Waals surface area contributed by atoms with Gasteiger partial charge in [-0.1, -0.05) is 6.07 Å². The SMILES string of the molecule is COC(=O)C(CCCCNC(=O)Cc1cccnc1)NC(=O)c1ccc(NN)nc1.O=C([O-])CNC(C[O-])(C[O-])C[O-].[99Tc+4]. The molecule has 2 heterocycles. The fourth-order valence-corrected chi connectivity index (χ4v) is 3.24. The van der Waals surface area contributed by atoms with Crippen molar-refractivity contribution in [3.05, 3.63) is 54.0 Å². The maximum atomic E-state index is 12.4. The quantitative estimate of drug-likeness (QED) is 0.0450. The molecule has 1 unspecified atom stereocenters. The molecule has 2 rings (SSSR count). The van der Waals surface area contributed by atoms with Crippen LogP contribution in [0.1, 0.15) is 35.2 Å². The number of anilines is 1.